The average molecular weight is 267 g/mol. The fraction of sp³-hybridized carbons (Fsp3) is 0.333. The molecule has 0 spiro atoms. The van der Waals surface area contributed by atoms with Crippen LogP contribution in [0.25, 0.3) is 0 Å². The number of nitrogens with one attached hydrogen (secondary N) is 1. The topological polar surface area (TPSA) is 117 Å². The second kappa shape index (κ2) is 7.22. The van der Waals surface area contributed by atoms with E-state index in [1.807, 2.05) is 0 Å². The van der Waals surface area contributed by atoms with Gasteiger partial charge in [-0.05, 0) is 18.2 Å². The molecule has 0 heterocycles. The van der Waals surface area contributed by atoms with Gasteiger partial charge in [-0.1, -0.05) is 0 Å². The maximum Gasteiger partial charge on any atom is 0.255 e. The number of amides is 2. The highest BCUT2D eigenvalue weighted by molar-refractivity contribution is 5.95. The number of carbonyl (C=O) groups excluding carboxylic acids is 2. The van der Waals surface area contributed by atoms with Crippen LogP contribution >= 0.6 is 0 Å². The van der Waals surface area contributed by atoms with Crippen molar-refractivity contribution in [3.05, 3.63) is 23.8 Å². The van der Waals surface area contributed by atoms with Crippen molar-refractivity contribution in [2.24, 2.45) is 5.73 Å². The number of carbonyl (C=O) groups is 2. The molecule has 104 valence electrons. The van der Waals surface area contributed by atoms with Gasteiger partial charge < -0.3 is 26.3 Å². The van der Waals surface area contributed by atoms with Crippen LogP contribution in [0.5, 0.6) is 5.75 Å². The van der Waals surface area contributed by atoms with Crippen LogP contribution in [0.3, 0.4) is 0 Å². The number of methoxy groups -OCH3 is 1. The van der Waals surface area contributed by atoms with Gasteiger partial charge in [-0.3, -0.25) is 9.59 Å². The molecule has 0 aliphatic carbocycles. The minimum Gasteiger partial charge on any atom is -0.482 e. The van der Waals surface area contributed by atoms with E-state index in [9.17, 15) is 9.59 Å². The third kappa shape index (κ3) is 4.84. The maximum absolute atomic E-state index is 11.7. The summed E-state index contributed by atoms with van der Waals surface area (Å²) in [6.07, 6.45) is 0. The quantitative estimate of drug-likeness (QED) is 0.455. The number of anilines is 1. The van der Waals surface area contributed by atoms with Crippen molar-refractivity contribution < 1.29 is 19.1 Å². The van der Waals surface area contributed by atoms with Crippen LogP contribution in [-0.2, 0) is 9.53 Å². The maximum atomic E-state index is 11.7. The highest BCUT2D eigenvalue weighted by Crippen LogP contribution is 2.22. The lowest BCUT2D eigenvalue weighted by Crippen LogP contribution is -2.27. The van der Waals surface area contributed by atoms with Gasteiger partial charge in [0.2, 0.25) is 0 Å². The third-order valence-electron chi connectivity index (χ3n) is 2.23. The van der Waals surface area contributed by atoms with E-state index in [4.69, 9.17) is 20.9 Å². The van der Waals surface area contributed by atoms with Crippen molar-refractivity contribution in [2.45, 2.75) is 0 Å². The first-order valence-corrected chi connectivity index (χ1v) is 5.62. The van der Waals surface area contributed by atoms with E-state index in [1.165, 1.54) is 12.1 Å². The van der Waals surface area contributed by atoms with Crippen LogP contribution in [0.15, 0.2) is 18.2 Å². The Morgan fingerprint density at radius 2 is 2.11 bits per heavy atom. The average Bonchev–Trinajstić information content (AvgIpc) is 2.37. The first-order chi connectivity index (χ1) is 9.04. The molecule has 0 bridgehead atoms. The summed E-state index contributed by atoms with van der Waals surface area (Å²) in [5.41, 5.74) is 11.3. The van der Waals surface area contributed by atoms with Crippen molar-refractivity contribution in [1.82, 2.24) is 5.32 Å². The zero-order valence-corrected chi connectivity index (χ0v) is 10.6. The SMILES string of the molecule is COCCNC(=O)c1ccc(OCC(N)=O)c(N)c1. The van der Waals surface area contributed by atoms with Crippen molar-refractivity contribution >= 4 is 17.5 Å². The predicted octanol–water partition coefficient (Wildman–Crippen LogP) is -0.491. The molecule has 0 unspecified atom stereocenters. The van der Waals surface area contributed by atoms with Crippen LogP contribution in [0.1, 0.15) is 10.4 Å². The number of nitrogen functional groups attached to an aromatic ring is 1. The summed E-state index contributed by atoms with van der Waals surface area (Å²) in [5, 5.41) is 2.66. The van der Waals surface area contributed by atoms with Gasteiger partial charge in [-0.2, -0.15) is 0 Å². The van der Waals surface area contributed by atoms with Crippen molar-refractivity contribution in [3.63, 3.8) is 0 Å². The molecule has 0 aliphatic rings. The van der Waals surface area contributed by atoms with E-state index in [2.05, 4.69) is 5.32 Å². The molecular weight excluding hydrogens is 250 g/mol. The van der Waals surface area contributed by atoms with Gasteiger partial charge >= 0.3 is 0 Å². The molecule has 1 aromatic carbocycles. The van der Waals surface area contributed by atoms with Gasteiger partial charge in [-0.15, -0.1) is 0 Å². The first-order valence-electron chi connectivity index (χ1n) is 5.62. The van der Waals surface area contributed by atoms with Crippen LogP contribution in [0.4, 0.5) is 5.69 Å². The molecule has 5 N–H and O–H groups in total. The molecule has 0 saturated carbocycles. The zero-order chi connectivity index (χ0) is 14.3. The molecule has 0 saturated heterocycles. The number of rotatable bonds is 7. The number of nitrogens with two attached hydrogens (primary N) is 2. The van der Waals surface area contributed by atoms with Crippen LogP contribution in [0, 0.1) is 0 Å². The summed E-state index contributed by atoms with van der Waals surface area (Å²) in [7, 11) is 1.55. The Bertz CT molecular complexity index is 462. The number of ether oxygens (including phenoxy) is 2. The molecule has 19 heavy (non-hydrogen) atoms. The third-order valence-corrected chi connectivity index (χ3v) is 2.23. The Kier molecular flexibility index (Phi) is 5.62. The van der Waals surface area contributed by atoms with Gasteiger partial charge in [0.05, 0.1) is 12.3 Å². The fourth-order valence-electron chi connectivity index (χ4n) is 1.34. The Morgan fingerprint density at radius 3 is 2.68 bits per heavy atom. The zero-order valence-electron chi connectivity index (χ0n) is 10.6. The minimum absolute atomic E-state index is 0.259. The number of hydrogen-bond donors (Lipinski definition) is 3. The predicted molar refractivity (Wildman–Crippen MR) is 69.8 cm³/mol. The van der Waals surface area contributed by atoms with Crippen molar-refractivity contribution in [3.8, 4) is 5.75 Å². The van der Waals surface area contributed by atoms with E-state index >= 15 is 0 Å². The normalized spacial score (nSPS) is 9.95. The Morgan fingerprint density at radius 1 is 1.37 bits per heavy atom. The summed E-state index contributed by atoms with van der Waals surface area (Å²) in [5.74, 6) is -0.543. The molecule has 0 radical (unpaired) electrons. The molecule has 2 amide bonds. The van der Waals surface area contributed by atoms with Crippen molar-refractivity contribution in [1.29, 1.82) is 0 Å². The lowest BCUT2D eigenvalue weighted by Gasteiger charge is -2.09. The second-order valence-electron chi connectivity index (χ2n) is 3.76. The van der Waals surface area contributed by atoms with E-state index in [1.54, 1.807) is 13.2 Å². The van der Waals surface area contributed by atoms with E-state index in [0.717, 1.165) is 0 Å². The summed E-state index contributed by atoms with van der Waals surface area (Å²) in [6, 6.07) is 4.54. The summed E-state index contributed by atoms with van der Waals surface area (Å²) in [6.45, 7) is 0.583. The monoisotopic (exact) mass is 267 g/mol. The summed E-state index contributed by atoms with van der Waals surface area (Å²) < 4.78 is 9.90. The molecule has 1 aromatic rings. The van der Waals surface area contributed by atoms with Crippen molar-refractivity contribution in [2.75, 3.05) is 32.6 Å². The number of primary amides is 1. The molecule has 0 aliphatic heterocycles. The lowest BCUT2D eigenvalue weighted by molar-refractivity contribution is -0.119. The molecule has 7 nitrogen and oxygen atoms in total. The first kappa shape index (κ1) is 14.8. The fourth-order valence-corrected chi connectivity index (χ4v) is 1.34. The second-order valence-corrected chi connectivity index (χ2v) is 3.76. The number of benzene rings is 1. The lowest BCUT2D eigenvalue weighted by atomic mass is 10.1. The van der Waals surface area contributed by atoms with Gasteiger partial charge in [0.1, 0.15) is 5.75 Å². The van der Waals surface area contributed by atoms with E-state index in [-0.39, 0.29) is 18.2 Å². The van der Waals surface area contributed by atoms with Gasteiger partial charge in [0.15, 0.2) is 6.61 Å². The highest BCUT2D eigenvalue weighted by atomic mass is 16.5. The molecule has 0 fully saturated rings. The van der Waals surface area contributed by atoms with Gasteiger partial charge in [0, 0.05) is 19.2 Å². The smallest absolute Gasteiger partial charge is 0.255 e. The van der Waals surface area contributed by atoms with Gasteiger partial charge in [-0.25, -0.2) is 0 Å². The molecule has 1 rings (SSSR count). The molecular formula is C12H17N3O4. The molecule has 0 aromatic heterocycles. The Balaban J connectivity index is 2.65. The highest BCUT2D eigenvalue weighted by Gasteiger charge is 2.09. The van der Waals surface area contributed by atoms with Crippen LogP contribution in [-0.4, -0.2) is 38.7 Å². The molecule has 7 heteroatoms. The van der Waals surface area contributed by atoms with E-state index < -0.39 is 5.91 Å². The summed E-state index contributed by atoms with van der Waals surface area (Å²) >= 11 is 0. The van der Waals surface area contributed by atoms with Gasteiger partial charge in [0.25, 0.3) is 11.8 Å². The standard InChI is InChI=1S/C12H17N3O4/c1-18-5-4-15-12(17)8-2-3-10(9(13)6-8)19-7-11(14)16/h2-3,6H,4-5,7,13H2,1H3,(H2,14,16)(H,15,17). The van der Waals surface area contributed by atoms with Crippen LogP contribution in [0.2, 0.25) is 0 Å². The Labute approximate surface area is 110 Å². The van der Waals surface area contributed by atoms with E-state index in [0.29, 0.717) is 24.5 Å². The Hall–Kier alpha value is -2.28. The minimum atomic E-state index is -0.596. The molecule has 0 atom stereocenters. The number of hydrogen-bond acceptors (Lipinski definition) is 5. The largest absolute Gasteiger partial charge is 0.482 e. The van der Waals surface area contributed by atoms with Crippen LogP contribution < -0.4 is 21.5 Å². The summed E-state index contributed by atoms with van der Waals surface area (Å²) in [4.78, 5) is 22.3.